The molecule has 1 amide bonds. The number of amides is 1. The molecule has 5 nitrogen and oxygen atoms in total. The van der Waals surface area contributed by atoms with E-state index in [1.54, 1.807) is 6.20 Å². The van der Waals surface area contributed by atoms with Gasteiger partial charge in [-0.2, -0.15) is 0 Å². The monoisotopic (exact) mass is 237 g/mol. The van der Waals surface area contributed by atoms with E-state index in [2.05, 4.69) is 10.3 Å². The van der Waals surface area contributed by atoms with Crippen molar-refractivity contribution in [3.8, 4) is 0 Å². The van der Waals surface area contributed by atoms with Crippen LogP contribution < -0.4 is 11.1 Å². The molecule has 1 aromatic heterocycles. The lowest BCUT2D eigenvalue weighted by Crippen LogP contribution is -2.30. The highest BCUT2D eigenvalue weighted by atomic mass is 16.4. The van der Waals surface area contributed by atoms with Crippen LogP contribution in [-0.2, 0) is 17.8 Å². The zero-order valence-electron chi connectivity index (χ0n) is 10.1. The number of nitrogens with one attached hydrogen (secondary N) is 1. The Morgan fingerprint density at radius 3 is 3.06 bits per heavy atom. The molecule has 0 radical (unpaired) electrons. The summed E-state index contributed by atoms with van der Waals surface area (Å²) in [7, 11) is 0. The van der Waals surface area contributed by atoms with Gasteiger partial charge in [-0.05, 0) is 19.3 Å². The predicted molar refractivity (Wildman–Crippen MR) is 63.0 cm³/mol. The molecule has 0 bridgehead atoms. The highest BCUT2D eigenvalue weighted by Crippen LogP contribution is 2.24. The van der Waals surface area contributed by atoms with Crippen LogP contribution in [0.1, 0.15) is 37.8 Å². The normalized spacial score (nSPS) is 23.9. The molecule has 2 atom stereocenters. The Kier molecular flexibility index (Phi) is 3.78. The van der Waals surface area contributed by atoms with Crippen molar-refractivity contribution in [1.29, 1.82) is 0 Å². The number of carbonyl (C=O) groups is 1. The summed E-state index contributed by atoms with van der Waals surface area (Å²) in [6, 6.07) is 0.180. The Morgan fingerprint density at radius 2 is 2.47 bits per heavy atom. The minimum absolute atomic E-state index is 0.0607. The van der Waals surface area contributed by atoms with E-state index >= 15 is 0 Å². The van der Waals surface area contributed by atoms with Gasteiger partial charge in [0.25, 0.3) is 0 Å². The Labute approximate surface area is 101 Å². The van der Waals surface area contributed by atoms with Crippen molar-refractivity contribution < 1.29 is 9.21 Å². The van der Waals surface area contributed by atoms with Crippen LogP contribution in [0, 0.1) is 5.92 Å². The van der Waals surface area contributed by atoms with Gasteiger partial charge in [0.15, 0.2) is 0 Å². The molecule has 94 valence electrons. The van der Waals surface area contributed by atoms with Crippen molar-refractivity contribution in [2.24, 2.45) is 11.7 Å². The van der Waals surface area contributed by atoms with Gasteiger partial charge in [-0.25, -0.2) is 4.98 Å². The average molecular weight is 237 g/mol. The van der Waals surface area contributed by atoms with Crippen molar-refractivity contribution in [1.82, 2.24) is 10.3 Å². The lowest BCUT2D eigenvalue weighted by atomic mass is 10.1. The number of rotatable bonds is 4. The summed E-state index contributed by atoms with van der Waals surface area (Å²) in [6.07, 6.45) is 5.14. The molecular formula is C12H19N3O2. The van der Waals surface area contributed by atoms with Crippen molar-refractivity contribution in [3.05, 3.63) is 17.8 Å². The van der Waals surface area contributed by atoms with Crippen LogP contribution >= 0.6 is 0 Å². The summed E-state index contributed by atoms with van der Waals surface area (Å²) in [4.78, 5) is 15.9. The molecule has 17 heavy (non-hydrogen) atoms. The Morgan fingerprint density at radius 1 is 1.65 bits per heavy atom. The number of hydrogen-bond donors (Lipinski definition) is 2. The topological polar surface area (TPSA) is 81.2 Å². The maximum Gasteiger partial charge on any atom is 0.223 e. The first kappa shape index (κ1) is 12.1. The van der Waals surface area contributed by atoms with Crippen LogP contribution in [0.2, 0.25) is 0 Å². The van der Waals surface area contributed by atoms with E-state index in [-0.39, 0.29) is 17.9 Å². The molecule has 2 rings (SSSR count). The van der Waals surface area contributed by atoms with E-state index in [0.29, 0.717) is 12.4 Å². The van der Waals surface area contributed by atoms with Gasteiger partial charge >= 0.3 is 0 Å². The van der Waals surface area contributed by atoms with Crippen molar-refractivity contribution in [2.45, 2.75) is 45.2 Å². The van der Waals surface area contributed by atoms with Crippen molar-refractivity contribution >= 4 is 5.91 Å². The van der Waals surface area contributed by atoms with Gasteiger partial charge in [-0.15, -0.1) is 0 Å². The van der Waals surface area contributed by atoms with Gasteiger partial charge < -0.3 is 15.5 Å². The van der Waals surface area contributed by atoms with Crippen LogP contribution in [-0.4, -0.2) is 16.9 Å². The molecule has 1 aliphatic carbocycles. The molecule has 0 spiro atoms. The first-order chi connectivity index (χ1) is 8.19. The summed E-state index contributed by atoms with van der Waals surface area (Å²) >= 11 is 0. The minimum Gasteiger partial charge on any atom is -0.444 e. The second-order valence-corrected chi connectivity index (χ2v) is 4.56. The van der Waals surface area contributed by atoms with Crippen LogP contribution in [0.3, 0.4) is 0 Å². The Hall–Kier alpha value is -1.36. The molecule has 1 fully saturated rings. The first-order valence-electron chi connectivity index (χ1n) is 6.16. The predicted octanol–water partition coefficient (Wildman–Crippen LogP) is 0.981. The van der Waals surface area contributed by atoms with Crippen molar-refractivity contribution in [3.63, 3.8) is 0 Å². The molecule has 0 aromatic carbocycles. The molecule has 5 heteroatoms. The third-order valence-electron chi connectivity index (χ3n) is 3.21. The fourth-order valence-electron chi connectivity index (χ4n) is 2.15. The second kappa shape index (κ2) is 5.31. The van der Waals surface area contributed by atoms with E-state index in [1.807, 2.05) is 6.92 Å². The van der Waals surface area contributed by atoms with Gasteiger partial charge in [0.1, 0.15) is 5.76 Å². The van der Waals surface area contributed by atoms with Gasteiger partial charge in [-0.1, -0.05) is 6.92 Å². The number of aromatic nitrogens is 1. The summed E-state index contributed by atoms with van der Waals surface area (Å²) in [5.74, 6) is 1.54. The number of aryl methyl sites for hydroxylation is 1. The van der Waals surface area contributed by atoms with E-state index in [1.165, 1.54) is 0 Å². The highest BCUT2D eigenvalue weighted by Gasteiger charge is 2.27. The summed E-state index contributed by atoms with van der Waals surface area (Å²) < 4.78 is 5.42. The fraction of sp³-hybridized carbons (Fsp3) is 0.667. The van der Waals surface area contributed by atoms with E-state index in [4.69, 9.17) is 10.2 Å². The zero-order chi connectivity index (χ0) is 12.3. The van der Waals surface area contributed by atoms with Crippen LogP contribution in [0.15, 0.2) is 10.6 Å². The number of oxazole rings is 1. The third-order valence-corrected chi connectivity index (χ3v) is 3.21. The largest absolute Gasteiger partial charge is 0.444 e. The van der Waals surface area contributed by atoms with Gasteiger partial charge in [0, 0.05) is 18.4 Å². The van der Waals surface area contributed by atoms with Crippen LogP contribution in [0.4, 0.5) is 0 Å². The van der Waals surface area contributed by atoms with Gasteiger partial charge in [-0.3, -0.25) is 4.79 Å². The molecular weight excluding hydrogens is 218 g/mol. The van der Waals surface area contributed by atoms with Crippen LogP contribution in [0.5, 0.6) is 0 Å². The Balaban J connectivity index is 1.79. The van der Waals surface area contributed by atoms with Gasteiger partial charge in [0.05, 0.1) is 12.7 Å². The quantitative estimate of drug-likeness (QED) is 0.818. The number of hydrogen-bond acceptors (Lipinski definition) is 4. The number of nitrogens with zero attached hydrogens (tertiary/aromatic N) is 1. The zero-order valence-corrected chi connectivity index (χ0v) is 10.1. The lowest BCUT2D eigenvalue weighted by Gasteiger charge is -2.08. The second-order valence-electron chi connectivity index (χ2n) is 4.56. The standard InChI is InChI=1S/C12H19N3O2/c1-2-10-6-14-11(17-10)7-15-12(16)8-3-4-9(13)5-8/h6,8-9H,2-5,7,13H2,1H3,(H,15,16). The maximum absolute atomic E-state index is 11.8. The third kappa shape index (κ3) is 3.06. The van der Waals surface area contributed by atoms with E-state index < -0.39 is 0 Å². The van der Waals surface area contributed by atoms with Gasteiger partial charge in [0.2, 0.25) is 11.8 Å². The Bertz CT molecular complexity index is 389. The molecule has 1 saturated carbocycles. The summed E-state index contributed by atoms with van der Waals surface area (Å²) in [5, 5.41) is 2.85. The molecule has 3 N–H and O–H groups in total. The average Bonchev–Trinajstić information content (AvgIpc) is 2.94. The van der Waals surface area contributed by atoms with E-state index in [9.17, 15) is 4.79 Å². The molecule has 0 aliphatic heterocycles. The minimum atomic E-state index is 0.0607. The number of nitrogens with two attached hydrogens (primary N) is 1. The number of carbonyl (C=O) groups excluding carboxylic acids is 1. The summed E-state index contributed by atoms with van der Waals surface area (Å²) in [5.41, 5.74) is 5.78. The first-order valence-corrected chi connectivity index (χ1v) is 6.16. The molecule has 1 aliphatic rings. The summed E-state index contributed by atoms with van der Waals surface area (Å²) in [6.45, 7) is 2.37. The maximum atomic E-state index is 11.8. The highest BCUT2D eigenvalue weighted by molar-refractivity contribution is 5.78. The SMILES string of the molecule is CCc1cnc(CNC(=O)C2CCC(N)C2)o1. The molecule has 1 aromatic rings. The smallest absolute Gasteiger partial charge is 0.223 e. The molecule has 2 unspecified atom stereocenters. The van der Waals surface area contributed by atoms with Crippen molar-refractivity contribution in [2.75, 3.05) is 0 Å². The fourth-order valence-corrected chi connectivity index (χ4v) is 2.15. The molecule has 1 heterocycles. The van der Waals surface area contributed by atoms with Crippen LogP contribution in [0.25, 0.3) is 0 Å². The molecule has 0 saturated heterocycles. The lowest BCUT2D eigenvalue weighted by molar-refractivity contribution is -0.125. The van der Waals surface area contributed by atoms with E-state index in [0.717, 1.165) is 31.4 Å².